The van der Waals surface area contributed by atoms with Crippen LogP contribution in [0.4, 0.5) is 0 Å². The van der Waals surface area contributed by atoms with E-state index in [1.54, 1.807) is 0 Å². The maximum Gasteiger partial charge on any atom is 0.211 e. The molecule has 0 aromatic heterocycles. The summed E-state index contributed by atoms with van der Waals surface area (Å²) < 4.78 is 31.9. The van der Waals surface area contributed by atoms with Crippen LogP contribution in [0.15, 0.2) is 0 Å². The van der Waals surface area contributed by atoms with E-state index in [9.17, 15) is 8.42 Å². The maximum atomic E-state index is 11.9. The minimum Gasteiger partial charge on any atom is -0.380 e. The first kappa shape index (κ1) is 14.2. The molecule has 18 heavy (non-hydrogen) atoms. The number of piperidine rings is 1. The lowest BCUT2D eigenvalue weighted by Crippen LogP contribution is -2.43. The van der Waals surface area contributed by atoms with Crippen LogP contribution < -0.4 is 10.0 Å². The Morgan fingerprint density at radius 2 is 2.11 bits per heavy atom. The van der Waals surface area contributed by atoms with E-state index in [-0.39, 0.29) is 11.8 Å². The van der Waals surface area contributed by atoms with Gasteiger partial charge in [-0.2, -0.15) is 0 Å². The molecular formula is C12H24N2O3S. The zero-order chi connectivity index (χ0) is 12.8. The first-order valence-electron chi connectivity index (χ1n) is 6.97. The van der Waals surface area contributed by atoms with Gasteiger partial charge in [0.25, 0.3) is 0 Å². The van der Waals surface area contributed by atoms with Crippen molar-refractivity contribution in [1.29, 1.82) is 0 Å². The van der Waals surface area contributed by atoms with E-state index in [1.807, 2.05) is 0 Å². The minimum atomic E-state index is -3.15. The highest BCUT2D eigenvalue weighted by atomic mass is 32.2. The Balaban J connectivity index is 1.72. The van der Waals surface area contributed by atoms with Crippen LogP contribution in [0.3, 0.4) is 0 Å². The van der Waals surface area contributed by atoms with Crippen LogP contribution >= 0.6 is 0 Å². The maximum absolute atomic E-state index is 11.9. The fraction of sp³-hybridized carbons (Fsp3) is 1.00. The molecule has 2 aliphatic rings. The van der Waals surface area contributed by atoms with Crippen LogP contribution in [0.1, 0.15) is 38.5 Å². The molecule has 2 N–H and O–H groups in total. The summed E-state index contributed by atoms with van der Waals surface area (Å²) in [5, 5.41) is 3.38. The van der Waals surface area contributed by atoms with Crippen LogP contribution in [0.25, 0.3) is 0 Å². The Bertz CT molecular complexity index is 333. The number of hydrogen-bond donors (Lipinski definition) is 2. The molecule has 0 radical (unpaired) electrons. The zero-order valence-corrected chi connectivity index (χ0v) is 11.7. The molecule has 2 fully saturated rings. The van der Waals surface area contributed by atoms with Crippen molar-refractivity contribution in [2.75, 3.05) is 25.5 Å². The van der Waals surface area contributed by atoms with Gasteiger partial charge in [0.05, 0.1) is 12.4 Å². The van der Waals surface area contributed by atoms with E-state index in [1.165, 1.54) is 12.8 Å². The molecule has 2 heterocycles. The average molecular weight is 276 g/mol. The molecule has 0 amide bonds. The van der Waals surface area contributed by atoms with E-state index < -0.39 is 10.0 Å². The zero-order valence-electron chi connectivity index (χ0n) is 10.9. The van der Waals surface area contributed by atoms with Gasteiger partial charge in [-0.25, -0.2) is 13.1 Å². The van der Waals surface area contributed by atoms with Gasteiger partial charge in [-0.05, 0) is 38.6 Å². The Kier molecular flexibility index (Phi) is 5.41. The van der Waals surface area contributed by atoms with Gasteiger partial charge in [-0.1, -0.05) is 6.42 Å². The largest absolute Gasteiger partial charge is 0.380 e. The second-order valence-corrected chi connectivity index (χ2v) is 7.16. The van der Waals surface area contributed by atoms with Gasteiger partial charge in [-0.15, -0.1) is 0 Å². The minimum absolute atomic E-state index is 0.0249. The fourth-order valence-electron chi connectivity index (χ4n) is 2.61. The van der Waals surface area contributed by atoms with Crippen LogP contribution in [-0.4, -0.2) is 46.0 Å². The van der Waals surface area contributed by atoms with Crippen LogP contribution in [0.2, 0.25) is 0 Å². The van der Waals surface area contributed by atoms with Crippen molar-refractivity contribution in [2.24, 2.45) is 0 Å². The number of rotatable bonds is 5. The topological polar surface area (TPSA) is 67.4 Å². The van der Waals surface area contributed by atoms with Gasteiger partial charge in [0.1, 0.15) is 0 Å². The summed E-state index contributed by atoms with van der Waals surface area (Å²) >= 11 is 0. The van der Waals surface area contributed by atoms with Crippen molar-refractivity contribution in [2.45, 2.75) is 50.6 Å². The van der Waals surface area contributed by atoms with Crippen LogP contribution in [-0.2, 0) is 14.8 Å². The number of hydrogen-bond acceptors (Lipinski definition) is 4. The lowest BCUT2D eigenvalue weighted by Gasteiger charge is -2.25. The van der Waals surface area contributed by atoms with Crippen LogP contribution in [0, 0.1) is 0 Å². The molecule has 0 aromatic rings. The van der Waals surface area contributed by atoms with Gasteiger partial charge in [0.2, 0.25) is 10.0 Å². The molecule has 2 rings (SSSR count). The Hall–Kier alpha value is -0.170. The van der Waals surface area contributed by atoms with E-state index in [0.29, 0.717) is 19.1 Å². The second kappa shape index (κ2) is 6.84. The lowest BCUT2D eigenvalue weighted by atomic mass is 10.0. The molecule has 0 spiro atoms. The fourth-order valence-corrected chi connectivity index (χ4v) is 4.02. The predicted molar refractivity (Wildman–Crippen MR) is 71.0 cm³/mol. The Morgan fingerprint density at radius 3 is 2.78 bits per heavy atom. The monoisotopic (exact) mass is 276 g/mol. The Labute approximate surface area is 110 Å². The summed E-state index contributed by atoms with van der Waals surface area (Å²) in [5.41, 5.74) is 0. The van der Waals surface area contributed by atoms with Crippen molar-refractivity contribution in [1.82, 2.24) is 10.0 Å². The molecule has 2 saturated heterocycles. The van der Waals surface area contributed by atoms with E-state index in [0.717, 1.165) is 32.4 Å². The SMILES string of the molecule is O=S(=O)(CCC1CCCCN1)NC1CCCOC1. The van der Waals surface area contributed by atoms with Crippen molar-refractivity contribution in [3.63, 3.8) is 0 Å². The smallest absolute Gasteiger partial charge is 0.211 e. The van der Waals surface area contributed by atoms with Gasteiger partial charge in [0, 0.05) is 18.7 Å². The molecule has 0 bridgehead atoms. The summed E-state index contributed by atoms with van der Waals surface area (Å²) in [6.07, 6.45) is 6.06. The highest BCUT2D eigenvalue weighted by Gasteiger charge is 2.22. The third kappa shape index (κ3) is 4.84. The van der Waals surface area contributed by atoms with Gasteiger partial charge >= 0.3 is 0 Å². The first-order valence-corrected chi connectivity index (χ1v) is 8.62. The molecule has 106 valence electrons. The number of nitrogens with one attached hydrogen (secondary N) is 2. The molecule has 2 aliphatic heterocycles. The first-order chi connectivity index (χ1) is 8.66. The van der Waals surface area contributed by atoms with Crippen molar-refractivity contribution < 1.29 is 13.2 Å². The molecular weight excluding hydrogens is 252 g/mol. The molecule has 5 nitrogen and oxygen atoms in total. The highest BCUT2D eigenvalue weighted by molar-refractivity contribution is 7.89. The molecule has 0 aromatic carbocycles. The molecule has 2 atom stereocenters. The van der Waals surface area contributed by atoms with Crippen molar-refractivity contribution >= 4 is 10.0 Å². The van der Waals surface area contributed by atoms with Gasteiger partial charge < -0.3 is 10.1 Å². The third-order valence-electron chi connectivity index (χ3n) is 3.65. The van der Waals surface area contributed by atoms with E-state index in [2.05, 4.69) is 10.0 Å². The van der Waals surface area contributed by atoms with Gasteiger partial charge in [0.15, 0.2) is 0 Å². The highest BCUT2D eigenvalue weighted by Crippen LogP contribution is 2.12. The third-order valence-corrected chi connectivity index (χ3v) is 5.12. The Morgan fingerprint density at radius 1 is 1.22 bits per heavy atom. The summed E-state index contributed by atoms with van der Waals surface area (Å²) in [7, 11) is -3.15. The number of sulfonamides is 1. The lowest BCUT2D eigenvalue weighted by molar-refractivity contribution is 0.0774. The summed E-state index contributed by atoms with van der Waals surface area (Å²) in [6.45, 7) is 2.29. The predicted octanol–water partition coefficient (Wildman–Crippen LogP) is 0.617. The quantitative estimate of drug-likeness (QED) is 0.772. The second-order valence-electron chi connectivity index (χ2n) is 5.29. The average Bonchev–Trinajstić information content (AvgIpc) is 2.38. The number of ether oxygens (including phenoxy) is 1. The van der Waals surface area contributed by atoms with E-state index in [4.69, 9.17) is 4.74 Å². The molecule has 0 aliphatic carbocycles. The van der Waals surface area contributed by atoms with Gasteiger partial charge in [-0.3, -0.25) is 0 Å². The van der Waals surface area contributed by atoms with Crippen molar-refractivity contribution in [3.8, 4) is 0 Å². The molecule has 0 saturated carbocycles. The van der Waals surface area contributed by atoms with Crippen molar-refractivity contribution in [3.05, 3.63) is 0 Å². The van der Waals surface area contributed by atoms with Crippen LogP contribution in [0.5, 0.6) is 0 Å². The molecule has 2 unspecified atom stereocenters. The summed E-state index contributed by atoms with van der Waals surface area (Å²) in [5.74, 6) is 0.223. The summed E-state index contributed by atoms with van der Waals surface area (Å²) in [6, 6.07) is 0.348. The summed E-state index contributed by atoms with van der Waals surface area (Å²) in [4.78, 5) is 0. The molecule has 6 heteroatoms. The van der Waals surface area contributed by atoms with E-state index >= 15 is 0 Å². The standard InChI is InChI=1S/C12H24N2O3S/c15-18(16,14-12-5-3-8-17-10-12)9-6-11-4-1-2-7-13-11/h11-14H,1-10H2. The normalized spacial score (nSPS) is 30.2.